The number of rotatable bonds is 4. The predicted molar refractivity (Wildman–Crippen MR) is 61.8 cm³/mol. The van der Waals surface area contributed by atoms with Gasteiger partial charge in [-0.3, -0.25) is 9.78 Å². The Kier molecular flexibility index (Phi) is 3.28. The van der Waals surface area contributed by atoms with E-state index in [0.717, 1.165) is 0 Å². The van der Waals surface area contributed by atoms with Crippen molar-refractivity contribution < 1.29 is 15.3 Å². The Labute approximate surface area is 101 Å². The van der Waals surface area contributed by atoms with Gasteiger partial charge < -0.3 is 25.6 Å². The molecular weight excluding hydrogens is 242 g/mol. The van der Waals surface area contributed by atoms with Crippen LogP contribution < -0.4 is 11.3 Å². The number of hydrogen-bond donors (Lipinski definition) is 5. The summed E-state index contributed by atoms with van der Waals surface area (Å²) in [4.78, 5) is 21.7. The summed E-state index contributed by atoms with van der Waals surface area (Å²) >= 11 is 0. The maximum atomic E-state index is 11.8. The molecule has 9 nitrogen and oxygen atoms in total. The third-order valence-electron chi connectivity index (χ3n) is 2.63. The minimum Gasteiger partial charge on any atom is -0.394 e. The number of imidazole rings is 1. The van der Waals surface area contributed by atoms with E-state index in [0.29, 0.717) is 0 Å². The van der Waals surface area contributed by atoms with Crippen molar-refractivity contribution in [2.24, 2.45) is 0 Å². The van der Waals surface area contributed by atoms with Gasteiger partial charge in [-0.25, -0.2) is 4.98 Å². The van der Waals surface area contributed by atoms with Crippen molar-refractivity contribution in [2.45, 2.75) is 12.1 Å². The van der Waals surface area contributed by atoms with Crippen molar-refractivity contribution in [3.63, 3.8) is 0 Å². The van der Waals surface area contributed by atoms with Crippen molar-refractivity contribution in [3.05, 3.63) is 16.7 Å². The Morgan fingerprint density at radius 3 is 2.78 bits per heavy atom. The normalized spacial score (nSPS) is 14.8. The molecule has 2 rings (SSSR count). The summed E-state index contributed by atoms with van der Waals surface area (Å²) < 4.78 is 1.27. The average molecular weight is 255 g/mol. The molecule has 0 aliphatic heterocycles. The summed E-state index contributed by atoms with van der Waals surface area (Å²) in [5.74, 6) is -0.0685. The number of nitrogens with zero attached hydrogens (tertiary/aromatic N) is 3. The van der Waals surface area contributed by atoms with Gasteiger partial charge in [0.05, 0.1) is 25.6 Å². The number of H-pyrrole nitrogens is 1. The van der Waals surface area contributed by atoms with Crippen LogP contribution in [0.15, 0.2) is 11.1 Å². The molecule has 18 heavy (non-hydrogen) atoms. The van der Waals surface area contributed by atoms with Crippen LogP contribution in [0.25, 0.3) is 11.2 Å². The van der Waals surface area contributed by atoms with Crippen molar-refractivity contribution in [1.29, 1.82) is 0 Å². The van der Waals surface area contributed by atoms with Crippen LogP contribution >= 0.6 is 0 Å². The molecule has 0 aliphatic rings. The SMILES string of the molecule is Nc1nc2ncn(C(CO)C(O)CO)c2c(=O)[nH]1. The molecule has 6 N–H and O–H groups in total. The average Bonchev–Trinajstić information content (AvgIpc) is 2.73. The Balaban J connectivity index is 2.61. The van der Waals surface area contributed by atoms with Gasteiger partial charge in [0.2, 0.25) is 5.95 Å². The molecule has 9 heteroatoms. The number of aliphatic hydroxyl groups is 3. The van der Waals surface area contributed by atoms with Crippen molar-refractivity contribution in [3.8, 4) is 0 Å². The maximum Gasteiger partial charge on any atom is 0.278 e. The van der Waals surface area contributed by atoms with Gasteiger partial charge in [-0.05, 0) is 0 Å². The largest absolute Gasteiger partial charge is 0.394 e. The standard InChI is InChI=1S/C9H13N5O4/c10-9-12-7-6(8(18)13-9)14(3-11-7)4(1-15)5(17)2-16/h3-5,15-17H,1-2H2,(H3,10,12,13,18). The number of aliphatic hydroxyl groups excluding tert-OH is 3. The number of anilines is 1. The highest BCUT2D eigenvalue weighted by Gasteiger charge is 2.23. The first-order valence-electron chi connectivity index (χ1n) is 5.20. The fraction of sp³-hybridized carbons (Fsp3) is 0.444. The molecule has 0 amide bonds. The second kappa shape index (κ2) is 4.72. The van der Waals surface area contributed by atoms with Crippen molar-refractivity contribution >= 4 is 17.1 Å². The minimum atomic E-state index is -1.22. The van der Waals surface area contributed by atoms with E-state index in [1.807, 2.05) is 0 Å². The summed E-state index contributed by atoms with van der Waals surface area (Å²) in [7, 11) is 0. The van der Waals surface area contributed by atoms with E-state index >= 15 is 0 Å². The Morgan fingerprint density at radius 2 is 2.17 bits per heavy atom. The lowest BCUT2D eigenvalue weighted by atomic mass is 10.2. The highest BCUT2D eigenvalue weighted by Crippen LogP contribution is 2.16. The molecule has 2 heterocycles. The van der Waals surface area contributed by atoms with Gasteiger partial charge in [0.15, 0.2) is 11.2 Å². The molecule has 98 valence electrons. The molecule has 0 saturated heterocycles. The Hall–Kier alpha value is -1.97. The molecule has 0 saturated carbocycles. The topological polar surface area (TPSA) is 150 Å². The van der Waals surface area contributed by atoms with E-state index in [1.165, 1.54) is 10.9 Å². The van der Waals surface area contributed by atoms with E-state index in [2.05, 4.69) is 15.0 Å². The smallest absolute Gasteiger partial charge is 0.278 e. The first kappa shape index (κ1) is 12.5. The van der Waals surface area contributed by atoms with Crippen LogP contribution in [0.3, 0.4) is 0 Å². The van der Waals surface area contributed by atoms with E-state index in [1.54, 1.807) is 0 Å². The number of aromatic nitrogens is 4. The second-order valence-corrected chi connectivity index (χ2v) is 3.78. The van der Waals surface area contributed by atoms with Gasteiger partial charge in [-0.1, -0.05) is 0 Å². The first-order valence-corrected chi connectivity index (χ1v) is 5.20. The zero-order valence-corrected chi connectivity index (χ0v) is 9.32. The van der Waals surface area contributed by atoms with Crippen LogP contribution in [0.4, 0.5) is 5.95 Å². The first-order chi connectivity index (χ1) is 8.58. The van der Waals surface area contributed by atoms with Gasteiger partial charge in [0.25, 0.3) is 5.56 Å². The molecule has 2 unspecified atom stereocenters. The van der Waals surface area contributed by atoms with Gasteiger partial charge >= 0.3 is 0 Å². The van der Waals surface area contributed by atoms with E-state index in [4.69, 9.17) is 10.8 Å². The summed E-state index contributed by atoms with van der Waals surface area (Å²) in [5.41, 5.74) is 5.04. The van der Waals surface area contributed by atoms with Crippen LogP contribution in [0.5, 0.6) is 0 Å². The van der Waals surface area contributed by atoms with Crippen LogP contribution in [0.1, 0.15) is 6.04 Å². The van der Waals surface area contributed by atoms with Crippen molar-refractivity contribution in [1.82, 2.24) is 19.5 Å². The van der Waals surface area contributed by atoms with E-state index in [-0.39, 0.29) is 17.1 Å². The second-order valence-electron chi connectivity index (χ2n) is 3.78. The van der Waals surface area contributed by atoms with Gasteiger partial charge in [-0.2, -0.15) is 4.98 Å². The number of aromatic amines is 1. The van der Waals surface area contributed by atoms with Crippen LogP contribution in [-0.4, -0.2) is 54.2 Å². The number of fused-ring (bicyclic) bond motifs is 1. The number of nitrogen functional groups attached to an aromatic ring is 1. The molecule has 2 atom stereocenters. The fourth-order valence-corrected chi connectivity index (χ4v) is 1.74. The van der Waals surface area contributed by atoms with E-state index in [9.17, 15) is 15.0 Å². The number of nitrogens with one attached hydrogen (secondary N) is 1. The molecule has 2 aromatic rings. The molecule has 0 fully saturated rings. The lowest BCUT2D eigenvalue weighted by Gasteiger charge is -2.20. The van der Waals surface area contributed by atoms with Crippen LogP contribution in [0, 0.1) is 0 Å². The summed E-state index contributed by atoms with van der Waals surface area (Å²) in [6, 6.07) is -0.883. The molecule has 0 radical (unpaired) electrons. The molecule has 0 aliphatic carbocycles. The number of hydrogen-bond acceptors (Lipinski definition) is 7. The van der Waals surface area contributed by atoms with E-state index < -0.39 is 30.9 Å². The van der Waals surface area contributed by atoms with Gasteiger partial charge in [0.1, 0.15) is 6.10 Å². The summed E-state index contributed by atoms with van der Waals surface area (Å²) in [6.07, 6.45) is 0.0379. The maximum absolute atomic E-state index is 11.8. The summed E-state index contributed by atoms with van der Waals surface area (Å²) in [6.45, 7) is -1.01. The lowest BCUT2D eigenvalue weighted by molar-refractivity contribution is 0.0295. The Morgan fingerprint density at radius 1 is 1.44 bits per heavy atom. The van der Waals surface area contributed by atoms with Crippen LogP contribution in [0.2, 0.25) is 0 Å². The number of nitrogens with two attached hydrogens (primary N) is 1. The molecule has 0 aromatic carbocycles. The predicted octanol–water partition coefficient (Wildman–Crippen LogP) is -2.41. The highest BCUT2D eigenvalue weighted by atomic mass is 16.3. The monoisotopic (exact) mass is 255 g/mol. The third-order valence-corrected chi connectivity index (χ3v) is 2.63. The van der Waals surface area contributed by atoms with Crippen LogP contribution in [-0.2, 0) is 0 Å². The molecule has 2 aromatic heterocycles. The quantitative estimate of drug-likeness (QED) is 0.408. The zero-order valence-electron chi connectivity index (χ0n) is 9.32. The lowest BCUT2D eigenvalue weighted by Crippen LogP contribution is -2.31. The molecule has 0 bridgehead atoms. The van der Waals surface area contributed by atoms with Crippen molar-refractivity contribution in [2.75, 3.05) is 18.9 Å². The molecule has 0 spiro atoms. The summed E-state index contributed by atoms with van der Waals surface area (Å²) in [5, 5.41) is 27.7. The third kappa shape index (κ3) is 1.94. The Bertz CT molecular complexity index is 607. The fourth-order valence-electron chi connectivity index (χ4n) is 1.74. The van der Waals surface area contributed by atoms with Gasteiger partial charge in [-0.15, -0.1) is 0 Å². The minimum absolute atomic E-state index is 0.0685. The van der Waals surface area contributed by atoms with Gasteiger partial charge in [0, 0.05) is 0 Å². The highest BCUT2D eigenvalue weighted by molar-refractivity contribution is 5.70. The zero-order chi connectivity index (χ0) is 13.3. The molecular formula is C9H13N5O4.